The molecule has 0 spiro atoms. The van der Waals surface area contributed by atoms with Gasteiger partial charge >= 0.3 is 5.69 Å². The topological polar surface area (TPSA) is 71.3 Å². The Balaban J connectivity index is 2.03. The molecule has 1 aliphatic heterocycles. The van der Waals surface area contributed by atoms with Crippen molar-refractivity contribution in [2.24, 2.45) is 14.1 Å². The number of rotatable bonds is 2. The van der Waals surface area contributed by atoms with Crippen molar-refractivity contribution in [3.05, 3.63) is 80.5 Å². The zero-order chi connectivity index (χ0) is 22.1. The van der Waals surface area contributed by atoms with Crippen LogP contribution in [0.2, 0.25) is 0 Å². The molecule has 160 valence electrons. The van der Waals surface area contributed by atoms with Gasteiger partial charge in [0.15, 0.2) is 6.10 Å². The summed E-state index contributed by atoms with van der Waals surface area (Å²) in [5.41, 5.74) is 3.06. The summed E-state index contributed by atoms with van der Waals surface area (Å²) in [6.07, 6.45) is 1.08. The van der Waals surface area contributed by atoms with Crippen LogP contribution in [0.25, 0.3) is 22.2 Å². The number of benzene rings is 1. The van der Waals surface area contributed by atoms with E-state index in [4.69, 9.17) is 9.15 Å². The summed E-state index contributed by atoms with van der Waals surface area (Å²) in [6, 6.07) is 11.8. The van der Waals surface area contributed by atoms with Crippen molar-refractivity contribution < 1.29 is 9.15 Å². The molecule has 0 saturated heterocycles. The summed E-state index contributed by atoms with van der Waals surface area (Å²) >= 11 is 0. The lowest BCUT2D eigenvalue weighted by Crippen LogP contribution is -2.40. The maximum Gasteiger partial charge on any atom is 0.331 e. The van der Waals surface area contributed by atoms with Crippen LogP contribution < -0.4 is 11.2 Å². The smallest absolute Gasteiger partial charge is 0.331 e. The van der Waals surface area contributed by atoms with E-state index in [1.807, 2.05) is 43.3 Å². The van der Waals surface area contributed by atoms with E-state index in [1.165, 1.54) is 11.6 Å². The third-order valence-electron chi connectivity index (χ3n) is 6.19. The maximum absolute atomic E-state index is 13.5. The van der Waals surface area contributed by atoms with Crippen LogP contribution >= 0.6 is 0 Å². The molecule has 1 aromatic carbocycles. The van der Waals surface area contributed by atoms with E-state index in [0.717, 1.165) is 22.5 Å². The molecule has 0 N–H and O–H groups in total. The normalized spacial score (nSPS) is 17.8. The first-order chi connectivity index (χ1) is 14.7. The molecule has 0 fully saturated rings. The molecule has 4 heterocycles. The largest absolute Gasteiger partial charge is 0.466 e. The molecular formula is C24H25N3O4. The Morgan fingerprint density at radius 1 is 1.03 bits per heavy atom. The third-order valence-corrected chi connectivity index (χ3v) is 6.19. The quantitative estimate of drug-likeness (QED) is 0.499. The van der Waals surface area contributed by atoms with Gasteiger partial charge in [-0.15, -0.1) is 0 Å². The molecule has 7 heteroatoms. The van der Waals surface area contributed by atoms with E-state index in [0.29, 0.717) is 23.3 Å². The standard InChI is InChI=1S/C24H25N3O4/c1-14-8-10-15(11-9-14)18-17-19(25(4)23(29)26(5)22(17)28)20-21(16-7-6-12-30-16)31-13-24(2,3)27(18)20/h6-12,21H,13H2,1-5H3/t21-/m1/s1. The van der Waals surface area contributed by atoms with Gasteiger partial charge < -0.3 is 13.7 Å². The van der Waals surface area contributed by atoms with Crippen molar-refractivity contribution in [3.63, 3.8) is 0 Å². The molecule has 0 unspecified atom stereocenters. The fourth-order valence-corrected chi connectivity index (χ4v) is 4.64. The van der Waals surface area contributed by atoms with Crippen molar-refractivity contribution in [2.75, 3.05) is 6.61 Å². The van der Waals surface area contributed by atoms with Crippen LogP contribution in [0.15, 0.2) is 56.7 Å². The van der Waals surface area contributed by atoms with E-state index >= 15 is 0 Å². The van der Waals surface area contributed by atoms with Gasteiger partial charge in [0, 0.05) is 14.1 Å². The van der Waals surface area contributed by atoms with Crippen LogP contribution in [0.5, 0.6) is 0 Å². The average Bonchev–Trinajstić information content (AvgIpc) is 3.39. The maximum atomic E-state index is 13.5. The molecule has 4 aromatic rings. The molecule has 1 atom stereocenters. The van der Waals surface area contributed by atoms with Gasteiger partial charge in [-0.2, -0.15) is 0 Å². The Kier molecular flexibility index (Phi) is 4.17. The number of ether oxygens (including phenoxy) is 1. The number of fused-ring (bicyclic) bond motifs is 3. The van der Waals surface area contributed by atoms with Crippen molar-refractivity contribution in [3.8, 4) is 11.3 Å². The van der Waals surface area contributed by atoms with E-state index in [-0.39, 0.29) is 11.2 Å². The Bertz CT molecular complexity index is 1420. The molecular weight excluding hydrogens is 394 g/mol. The second kappa shape index (κ2) is 6.59. The Hall–Kier alpha value is -3.32. The summed E-state index contributed by atoms with van der Waals surface area (Å²) < 4.78 is 16.8. The summed E-state index contributed by atoms with van der Waals surface area (Å²) in [4.78, 5) is 26.3. The van der Waals surface area contributed by atoms with Gasteiger partial charge in [-0.1, -0.05) is 29.8 Å². The van der Waals surface area contributed by atoms with Crippen LogP contribution in [0.4, 0.5) is 0 Å². The van der Waals surface area contributed by atoms with Crippen molar-refractivity contribution >= 4 is 10.9 Å². The molecule has 31 heavy (non-hydrogen) atoms. The summed E-state index contributed by atoms with van der Waals surface area (Å²) in [5, 5.41) is 0.513. The number of nitrogens with zero attached hydrogens (tertiary/aromatic N) is 3. The van der Waals surface area contributed by atoms with Crippen molar-refractivity contribution in [1.29, 1.82) is 0 Å². The van der Waals surface area contributed by atoms with Crippen LogP contribution in [-0.2, 0) is 24.4 Å². The van der Waals surface area contributed by atoms with Crippen molar-refractivity contribution in [2.45, 2.75) is 32.4 Å². The number of hydrogen-bond acceptors (Lipinski definition) is 4. The zero-order valence-electron chi connectivity index (χ0n) is 18.3. The molecule has 0 aliphatic carbocycles. The fourth-order valence-electron chi connectivity index (χ4n) is 4.64. The molecule has 0 radical (unpaired) electrons. The predicted molar refractivity (Wildman–Crippen MR) is 118 cm³/mol. The lowest BCUT2D eigenvalue weighted by Gasteiger charge is -2.38. The van der Waals surface area contributed by atoms with E-state index < -0.39 is 11.6 Å². The van der Waals surface area contributed by atoms with Gasteiger partial charge in [0.25, 0.3) is 5.56 Å². The Labute approximate surface area is 179 Å². The van der Waals surface area contributed by atoms with E-state index in [1.54, 1.807) is 17.9 Å². The second-order valence-corrected chi connectivity index (χ2v) is 8.88. The monoisotopic (exact) mass is 419 g/mol. The highest BCUT2D eigenvalue weighted by Gasteiger charge is 2.41. The van der Waals surface area contributed by atoms with E-state index in [9.17, 15) is 9.59 Å². The molecule has 7 nitrogen and oxygen atoms in total. The molecule has 0 amide bonds. The minimum atomic E-state index is -0.526. The fraction of sp³-hybridized carbons (Fsp3) is 0.333. The second-order valence-electron chi connectivity index (χ2n) is 8.88. The summed E-state index contributed by atoms with van der Waals surface area (Å²) in [7, 11) is 3.22. The van der Waals surface area contributed by atoms with Gasteiger partial charge in [0.05, 0.1) is 40.7 Å². The van der Waals surface area contributed by atoms with Gasteiger partial charge in [0.2, 0.25) is 0 Å². The first kappa shape index (κ1) is 19.6. The summed E-state index contributed by atoms with van der Waals surface area (Å²) in [5.74, 6) is 0.639. The Morgan fingerprint density at radius 3 is 2.39 bits per heavy atom. The molecule has 1 aliphatic rings. The van der Waals surface area contributed by atoms with Crippen molar-refractivity contribution in [1.82, 2.24) is 13.7 Å². The van der Waals surface area contributed by atoms with E-state index in [2.05, 4.69) is 18.4 Å². The molecule has 5 rings (SSSR count). The first-order valence-corrected chi connectivity index (χ1v) is 10.3. The highest BCUT2D eigenvalue weighted by Crippen LogP contribution is 2.45. The predicted octanol–water partition coefficient (Wildman–Crippen LogP) is 3.46. The lowest BCUT2D eigenvalue weighted by molar-refractivity contribution is -0.0164. The number of hydrogen-bond donors (Lipinski definition) is 0. The lowest BCUT2D eigenvalue weighted by atomic mass is 10.00. The van der Waals surface area contributed by atoms with Gasteiger partial charge in [-0.05, 0) is 38.5 Å². The van der Waals surface area contributed by atoms with Gasteiger partial charge in [0.1, 0.15) is 5.76 Å². The third kappa shape index (κ3) is 2.69. The van der Waals surface area contributed by atoms with Gasteiger partial charge in [-0.25, -0.2) is 4.79 Å². The zero-order valence-corrected chi connectivity index (χ0v) is 18.3. The SMILES string of the molecule is Cc1ccc(-c2c3c(=O)n(C)c(=O)n(C)c3c3n2C(C)(C)CO[C@@H]3c2ccco2)cc1. The molecule has 0 saturated carbocycles. The van der Waals surface area contributed by atoms with Gasteiger partial charge in [-0.3, -0.25) is 13.9 Å². The highest BCUT2D eigenvalue weighted by molar-refractivity contribution is 5.96. The first-order valence-electron chi connectivity index (χ1n) is 10.3. The average molecular weight is 419 g/mol. The number of aryl methyl sites for hydroxylation is 2. The molecule has 3 aromatic heterocycles. The van der Waals surface area contributed by atoms with Crippen LogP contribution in [0.3, 0.4) is 0 Å². The number of furan rings is 1. The minimum Gasteiger partial charge on any atom is -0.466 e. The summed E-state index contributed by atoms with van der Waals surface area (Å²) in [6.45, 7) is 6.62. The number of aromatic nitrogens is 3. The Morgan fingerprint density at radius 2 is 1.74 bits per heavy atom. The van der Waals surface area contributed by atoms with Crippen LogP contribution in [-0.4, -0.2) is 20.3 Å². The van der Waals surface area contributed by atoms with Crippen LogP contribution in [0.1, 0.15) is 37.0 Å². The molecule has 0 bridgehead atoms. The van der Waals surface area contributed by atoms with Crippen LogP contribution in [0, 0.1) is 6.92 Å². The minimum absolute atomic E-state index is 0.315. The highest BCUT2D eigenvalue weighted by atomic mass is 16.5.